The molecule has 0 heterocycles. The Labute approximate surface area is 109 Å². The molecule has 1 aromatic carbocycles. The fraction of sp³-hybridized carbons (Fsp3) is 0.562. The zero-order chi connectivity index (χ0) is 12.8. The summed E-state index contributed by atoms with van der Waals surface area (Å²) in [7, 11) is 0. The highest BCUT2D eigenvalue weighted by atomic mass is 16.3. The van der Waals surface area contributed by atoms with Gasteiger partial charge in [0.1, 0.15) is 0 Å². The number of Topliss-reactive ketones (excluding diaryl/α,β-unsaturated/α-hetero) is 1. The minimum atomic E-state index is -0.491. The summed E-state index contributed by atoms with van der Waals surface area (Å²) in [5.41, 5.74) is 0.294. The fourth-order valence-electron chi connectivity index (χ4n) is 2.81. The predicted molar refractivity (Wildman–Crippen MR) is 72.7 cm³/mol. The molecule has 98 valence electrons. The maximum absolute atomic E-state index is 11.9. The summed E-state index contributed by atoms with van der Waals surface area (Å²) >= 11 is 0. The third-order valence-electron chi connectivity index (χ3n) is 3.93. The van der Waals surface area contributed by atoms with E-state index < -0.39 is 5.60 Å². The molecule has 0 aromatic heterocycles. The van der Waals surface area contributed by atoms with Crippen LogP contribution in [0.2, 0.25) is 0 Å². The van der Waals surface area contributed by atoms with Crippen LogP contribution in [0.15, 0.2) is 30.3 Å². The quantitative estimate of drug-likeness (QED) is 0.804. The third kappa shape index (κ3) is 3.67. The van der Waals surface area contributed by atoms with Crippen molar-refractivity contribution in [1.29, 1.82) is 0 Å². The first kappa shape index (κ1) is 13.3. The Hall–Kier alpha value is -1.15. The topological polar surface area (TPSA) is 37.3 Å². The van der Waals surface area contributed by atoms with Gasteiger partial charge in [0.2, 0.25) is 0 Å². The Kier molecular flexibility index (Phi) is 4.54. The van der Waals surface area contributed by atoms with Crippen molar-refractivity contribution in [2.75, 3.05) is 0 Å². The molecule has 0 aliphatic heterocycles. The largest absolute Gasteiger partial charge is 0.390 e. The second-order valence-electron chi connectivity index (χ2n) is 5.43. The van der Waals surface area contributed by atoms with Crippen LogP contribution >= 0.6 is 0 Å². The Balaban J connectivity index is 1.77. The molecule has 1 aliphatic rings. The van der Waals surface area contributed by atoms with Gasteiger partial charge >= 0.3 is 0 Å². The Morgan fingerprint density at radius 2 is 1.78 bits per heavy atom. The van der Waals surface area contributed by atoms with Crippen LogP contribution in [-0.4, -0.2) is 16.5 Å². The van der Waals surface area contributed by atoms with E-state index >= 15 is 0 Å². The molecule has 1 fully saturated rings. The number of hydrogen-bond donors (Lipinski definition) is 1. The highest BCUT2D eigenvalue weighted by Gasteiger charge is 2.28. The van der Waals surface area contributed by atoms with Crippen LogP contribution in [-0.2, 0) is 0 Å². The van der Waals surface area contributed by atoms with E-state index in [0.717, 1.165) is 44.1 Å². The highest BCUT2D eigenvalue weighted by Crippen LogP contribution is 2.32. The van der Waals surface area contributed by atoms with Gasteiger partial charge in [0.15, 0.2) is 5.78 Å². The van der Waals surface area contributed by atoms with Gasteiger partial charge in [-0.1, -0.05) is 49.6 Å². The third-order valence-corrected chi connectivity index (χ3v) is 3.93. The van der Waals surface area contributed by atoms with E-state index in [0.29, 0.717) is 6.42 Å². The van der Waals surface area contributed by atoms with Crippen molar-refractivity contribution in [2.24, 2.45) is 0 Å². The second kappa shape index (κ2) is 6.14. The van der Waals surface area contributed by atoms with Crippen LogP contribution in [0.1, 0.15) is 61.7 Å². The molecule has 2 rings (SSSR count). The summed E-state index contributed by atoms with van der Waals surface area (Å²) in [4.78, 5) is 11.9. The van der Waals surface area contributed by atoms with Gasteiger partial charge in [0.25, 0.3) is 0 Å². The molecule has 0 radical (unpaired) electrons. The van der Waals surface area contributed by atoms with Crippen LogP contribution in [0.4, 0.5) is 0 Å². The number of benzene rings is 1. The summed E-state index contributed by atoms with van der Waals surface area (Å²) in [6, 6.07) is 9.42. The van der Waals surface area contributed by atoms with Gasteiger partial charge in [0, 0.05) is 12.0 Å². The van der Waals surface area contributed by atoms with Crippen molar-refractivity contribution < 1.29 is 9.90 Å². The van der Waals surface area contributed by atoms with Crippen LogP contribution in [0.3, 0.4) is 0 Å². The van der Waals surface area contributed by atoms with Crippen molar-refractivity contribution >= 4 is 5.78 Å². The molecule has 0 saturated heterocycles. The molecular weight excluding hydrogens is 224 g/mol. The first-order valence-electron chi connectivity index (χ1n) is 7.00. The molecular formula is C16H22O2. The van der Waals surface area contributed by atoms with Crippen molar-refractivity contribution in [1.82, 2.24) is 0 Å². The van der Waals surface area contributed by atoms with Gasteiger partial charge in [0.05, 0.1) is 5.60 Å². The number of carbonyl (C=O) groups excluding carboxylic acids is 1. The van der Waals surface area contributed by atoms with Gasteiger partial charge in [-0.15, -0.1) is 0 Å². The number of rotatable bonds is 5. The molecule has 1 aliphatic carbocycles. The first-order chi connectivity index (χ1) is 8.70. The second-order valence-corrected chi connectivity index (χ2v) is 5.43. The Morgan fingerprint density at radius 3 is 2.44 bits per heavy atom. The van der Waals surface area contributed by atoms with E-state index in [4.69, 9.17) is 0 Å². The lowest BCUT2D eigenvalue weighted by Gasteiger charge is -2.32. The molecule has 0 bridgehead atoms. The minimum absolute atomic E-state index is 0.190. The standard InChI is InChI=1S/C16H22O2/c17-15(14-8-3-1-4-9-14)10-7-13-16(18)11-5-2-6-12-16/h1,3-4,8-9,18H,2,5-7,10-13H2. The lowest BCUT2D eigenvalue weighted by molar-refractivity contribution is -0.00540. The van der Waals surface area contributed by atoms with Gasteiger partial charge in [-0.05, 0) is 25.7 Å². The zero-order valence-corrected chi connectivity index (χ0v) is 10.9. The Morgan fingerprint density at radius 1 is 1.11 bits per heavy atom. The monoisotopic (exact) mass is 246 g/mol. The van der Waals surface area contributed by atoms with Crippen LogP contribution in [0.5, 0.6) is 0 Å². The average molecular weight is 246 g/mol. The minimum Gasteiger partial charge on any atom is -0.390 e. The molecule has 1 saturated carbocycles. The lowest BCUT2D eigenvalue weighted by atomic mass is 9.81. The van der Waals surface area contributed by atoms with Crippen molar-refractivity contribution in [2.45, 2.75) is 57.0 Å². The average Bonchev–Trinajstić information content (AvgIpc) is 2.40. The van der Waals surface area contributed by atoms with Crippen LogP contribution in [0, 0.1) is 0 Å². The molecule has 2 heteroatoms. The smallest absolute Gasteiger partial charge is 0.162 e. The zero-order valence-electron chi connectivity index (χ0n) is 10.9. The van der Waals surface area contributed by atoms with Gasteiger partial charge in [-0.3, -0.25) is 4.79 Å². The maximum atomic E-state index is 11.9. The number of ketones is 1. The summed E-state index contributed by atoms with van der Waals surface area (Å²) < 4.78 is 0. The van der Waals surface area contributed by atoms with E-state index in [-0.39, 0.29) is 5.78 Å². The summed E-state index contributed by atoms with van der Waals surface area (Å²) in [5.74, 6) is 0.190. The van der Waals surface area contributed by atoms with Crippen LogP contribution in [0.25, 0.3) is 0 Å². The van der Waals surface area contributed by atoms with Crippen molar-refractivity contribution in [3.05, 3.63) is 35.9 Å². The van der Waals surface area contributed by atoms with E-state index in [1.165, 1.54) is 6.42 Å². The van der Waals surface area contributed by atoms with E-state index in [1.54, 1.807) is 0 Å². The summed E-state index contributed by atoms with van der Waals surface area (Å²) in [6.45, 7) is 0. The van der Waals surface area contributed by atoms with Gasteiger partial charge in [-0.25, -0.2) is 0 Å². The molecule has 1 aromatic rings. The molecule has 0 atom stereocenters. The molecule has 2 nitrogen and oxygen atoms in total. The summed E-state index contributed by atoms with van der Waals surface area (Å²) in [5, 5.41) is 10.3. The van der Waals surface area contributed by atoms with Gasteiger partial charge in [-0.2, -0.15) is 0 Å². The molecule has 1 N–H and O–H groups in total. The van der Waals surface area contributed by atoms with E-state index in [1.807, 2.05) is 30.3 Å². The van der Waals surface area contributed by atoms with Crippen molar-refractivity contribution in [3.8, 4) is 0 Å². The number of hydrogen-bond acceptors (Lipinski definition) is 2. The highest BCUT2D eigenvalue weighted by molar-refractivity contribution is 5.95. The van der Waals surface area contributed by atoms with E-state index in [9.17, 15) is 9.90 Å². The number of carbonyl (C=O) groups is 1. The van der Waals surface area contributed by atoms with E-state index in [2.05, 4.69) is 0 Å². The molecule has 0 spiro atoms. The fourth-order valence-corrected chi connectivity index (χ4v) is 2.81. The SMILES string of the molecule is O=C(CCCC1(O)CCCCC1)c1ccccc1. The number of aliphatic hydroxyl groups is 1. The van der Waals surface area contributed by atoms with Gasteiger partial charge < -0.3 is 5.11 Å². The maximum Gasteiger partial charge on any atom is 0.162 e. The molecule has 0 amide bonds. The van der Waals surface area contributed by atoms with Crippen molar-refractivity contribution in [3.63, 3.8) is 0 Å². The molecule has 0 unspecified atom stereocenters. The Bertz CT molecular complexity index is 377. The predicted octanol–water partition coefficient (Wildman–Crippen LogP) is 3.73. The molecule has 18 heavy (non-hydrogen) atoms. The normalized spacial score (nSPS) is 18.5. The lowest BCUT2D eigenvalue weighted by Crippen LogP contribution is -2.31. The first-order valence-corrected chi connectivity index (χ1v) is 7.00. The van der Waals surface area contributed by atoms with Crippen LogP contribution < -0.4 is 0 Å². The summed E-state index contributed by atoms with van der Waals surface area (Å²) in [6.07, 6.45) is 7.43.